The first-order valence-electron chi connectivity index (χ1n) is 8.08. The zero-order valence-electron chi connectivity index (χ0n) is 13.1. The maximum Gasteiger partial charge on any atom is 0.308 e. The minimum Gasteiger partial charge on any atom is -0.462 e. The zero-order valence-corrected chi connectivity index (χ0v) is 14.6. The molecule has 25 heavy (non-hydrogen) atoms. The van der Waals surface area contributed by atoms with Gasteiger partial charge < -0.3 is 9.84 Å². The van der Waals surface area contributed by atoms with Gasteiger partial charge in [0.05, 0.1) is 12.5 Å². The molecule has 130 valence electrons. The van der Waals surface area contributed by atoms with E-state index in [2.05, 4.69) is 0 Å². The third-order valence-corrected chi connectivity index (χ3v) is 5.39. The number of halogens is 3. The SMILES string of the molecule is O=C1C[C@H](O)CC(CC2c3ccc(F)cc3-c3cc(Cl)cc(Cl)c32)O1. The maximum atomic E-state index is 13.8. The molecule has 1 aliphatic carbocycles. The maximum absolute atomic E-state index is 13.8. The van der Waals surface area contributed by atoms with Crippen LogP contribution < -0.4 is 0 Å². The van der Waals surface area contributed by atoms with Crippen LogP contribution in [0.25, 0.3) is 11.1 Å². The van der Waals surface area contributed by atoms with E-state index in [-0.39, 0.29) is 18.2 Å². The van der Waals surface area contributed by atoms with E-state index in [0.717, 1.165) is 22.3 Å². The number of esters is 1. The lowest BCUT2D eigenvalue weighted by atomic mass is 9.88. The summed E-state index contributed by atoms with van der Waals surface area (Å²) in [6, 6.07) is 8.07. The molecule has 1 N–H and O–H groups in total. The molecule has 1 heterocycles. The normalized spacial score (nSPS) is 24.6. The minimum absolute atomic E-state index is 0.0237. The number of hydrogen-bond acceptors (Lipinski definition) is 3. The molecule has 0 spiro atoms. The molecular weight excluding hydrogens is 366 g/mol. The average Bonchev–Trinajstić information content (AvgIpc) is 2.80. The fourth-order valence-electron chi connectivity index (χ4n) is 3.90. The molecule has 2 aromatic carbocycles. The second-order valence-electron chi connectivity index (χ2n) is 6.57. The number of aliphatic hydroxyl groups is 1. The van der Waals surface area contributed by atoms with Crippen molar-refractivity contribution in [1.29, 1.82) is 0 Å². The number of hydrogen-bond donors (Lipinski definition) is 1. The molecule has 4 rings (SSSR count). The summed E-state index contributed by atoms with van der Waals surface area (Å²) in [7, 11) is 0. The number of ether oxygens (including phenoxy) is 1. The van der Waals surface area contributed by atoms with Gasteiger partial charge in [-0.2, -0.15) is 0 Å². The van der Waals surface area contributed by atoms with Crippen molar-refractivity contribution in [3.8, 4) is 11.1 Å². The molecule has 3 nitrogen and oxygen atoms in total. The molecule has 2 aliphatic rings. The van der Waals surface area contributed by atoms with Crippen LogP contribution in [0.15, 0.2) is 30.3 Å². The van der Waals surface area contributed by atoms with Crippen molar-refractivity contribution in [2.75, 3.05) is 0 Å². The van der Waals surface area contributed by atoms with E-state index in [4.69, 9.17) is 27.9 Å². The number of cyclic esters (lactones) is 1. The van der Waals surface area contributed by atoms with Crippen LogP contribution in [-0.2, 0) is 9.53 Å². The van der Waals surface area contributed by atoms with Crippen LogP contribution in [0.2, 0.25) is 10.0 Å². The Balaban J connectivity index is 1.77. The van der Waals surface area contributed by atoms with Gasteiger partial charge in [0.15, 0.2) is 0 Å². The Kier molecular flexibility index (Phi) is 4.22. The number of carbonyl (C=O) groups excluding carboxylic acids is 1. The van der Waals surface area contributed by atoms with Crippen molar-refractivity contribution >= 4 is 29.2 Å². The standard InChI is InChI=1S/C19H15Cl2FO3/c20-9-3-15-14-5-10(22)1-2-13(14)16(19(15)17(21)4-9)8-12-6-11(23)7-18(24)25-12/h1-5,11-12,16,23H,6-8H2/t11-,12?,16?/m1/s1. The van der Waals surface area contributed by atoms with Crippen molar-refractivity contribution < 1.29 is 19.0 Å². The smallest absolute Gasteiger partial charge is 0.308 e. The molecule has 1 saturated heterocycles. The van der Waals surface area contributed by atoms with E-state index in [1.54, 1.807) is 18.2 Å². The second-order valence-corrected chi connectivity index (χ2v) is 7.42. The number of rotatable bonds is 2. The molecule has 0 radical (unpaired) electrons. The number of carbonyl (C=O) groups is 1. The van der Waals surface area contributed by atoms with Crippen molar-refractivity contribution in [2.45, 2.75) is 37.4 Å². The summed E-state index contributed by atoms with van der Waals surface area (Å²) in [6.07, 6.45) is -0.206. The fraction of sp³-hybridized carbons (Fsp3) is 0.316. The summed E-state index contributed by atoms with van der Waals surface area (Å²) in [5, 5.41) is 10.8. The Morgan fingerprint density at radius 3 is 2.76 bits per heavy atom. The lowest BCUT2D eigenvalue weighted by Gasteiger charge is -2.28. The first-order valence-corrected chi connectivity index (χ1v) is 8.84. The highest BCUT2D eigenvalue weighted by atomic mass is 35.5. The summed E-state index contributed by atoms with van der Waals surface area (Å²) < 4.78 is 19.2. The molecule has 3 atom stereocenters. The molecule has 1 aliphatic heterocycles. The summed E-state index contributed by atoms with van der Waals surface area (Å²) >= 11 is 12.6. The van der Waals surface area contributed by atoms with Crippen molar-refractivity contribution in [3.05, 3.63) is 57.3 Å². The summed E-state index contributed by atoms with van der Waals surface area (Å²) in [5.41, 5.74) is 3.35. The van der Waals surface area contributed by atoms with Crippen LogP contribution in [-0.4, -0.2) is 23.3 Å². The monoisotopic (exact) mass is 380 g/mol. The van der Waals surface area contributed by atoms with Gasteiger partial charge in [0.25, 0.3) is 0 Å². The van der Waals surface area contributed by atoms with Gasteiger partial charge in [0.2, 0.25) is 0 Å². The third kappa shape index (κ3) is 3.03. The Morgan fingerprint density at radius 2 is 2.00 bits per heavy atom. The Bertz CT molecular complexity index is 868. The van der Waals surface area contributed by atoms with Crippen LogP contribution in [0.4, 0.5) is 4.39 Å². The van der Waals surface area contributed by atoms with Crippen molar-refractivity contribution in [1.82, 2.24) is 0 Å². The lowest BCUT2D eigenvalue weighted by molar-refractivity contribution is -0.160. The molecule has 2 unspecified atom stereocenters. The van der Waals surface area contributed by atoms with Gasteiger partial charge in [-0.05, 0) is 52.9 Å². The average molecular weight is 381 g/mol. The quantitative estimate of drug-likeness (QED) is 0.767. The number of aliphatic hydroxyl groups excluding tert-OH is 1. The first kappa shape index (κ1) is 16.8. The zero-order chi connectivity index (χ0) is 17.7. The van der Waals surface area contributed by atoms with E-state index in [9.17, 15) is 14.3 Å². The summed E-state index contributed by atoms with van der Waals surface area (Å²) in [5.74, 6) is -0.872. The fourth-order valence-corrected chi connectivity index (χ4v) is 4.52. The predicted molar refractivity (Wildman–Crippen MR) is 93.4 cm³/mol. The Hall–Kier alpha value is -1.62. The van der Waals surface area contributed by atoms with Crippen LogP contribution in [0.1, 0.15) is 36.3 Å². The second kappa shape index (κ2) is 6.27. The van der Waals surface area contributed by atoms with Gasteiger partial charge in [-0.3, -0.25) is 4.79 Å². The molecule has 1 fully saturated rings. The minimum atomic E-state index is -0.694. The highest BCUT2D eigenvalue weighted by molar-refractivity contribution is 6.36. The van der Waals surface area contributed by atoms with Gasteiger partial charge >= 0.3 is 5.97 Å². The number of benzene rings is 2. The topological polar surface area (TPSA) is 46.5 Å². The lowest BCUT2D eigenvalue weighted by Crippen LogP contribution is -2.33. The van der Waals surface area contributed by atoms with E-state index in [0.29, 0.717) is 22.9 Å². The third-order valence-electron chi connectivity index (χ3n) is 4.86. The van der Waals surface area contributed by atoms with Gasteiger partial charge in [-0.25, -0.2) is 4.39 Å². The largest absolute Gasteiger partial charge is 0.462 e. The van der Waals surface area contributed by atoms with Gasteiger partial charge in [-0.1, -0.05) is 29.3 Å². The summed E-state index contributed by atoms with van der Waals surface area (Å²) in [6.45, 7) is 0. The predicted octanol–water partition coefficient (Wildman–Crippen LogP) is 4.70. The van der Waals surface area contributed by atoms with E-state index >= 15 is 0 Å². The van der Waals surface area contributed by atoms with E-state index in [1.807, 2.05) is 0 Å². The van der Waals surface area contributed by atoms with E-state index < -0.39 is 18.2 Å². The molecule has 0 bridgehead atoms. The number of fused-ring (bicyclic) bond motifs is 3. The molecule has 2 aromatic rings. The summed E-state index contributed by atoms with van der Waals surface area (Å²) in [4.78, 5) is 11.6. The molecular formula is C19H15Cl2FO3. The Labute approximate surface area is 154 Å². The first-order chi connectivity index (χ1) is 11.9. The van der Waals surface area contributed by atoms with Crippen LogP contribution >= 0.6 is 23.2 Å². The Morgan fingerprint density at radius 1 is 1.20 bits per heavy atom. The van der Waals surface area contributed by atoms with Crippen LogP contribution in [0.3, 0.4) is 0 Å². The van der Waals surface area contributed by atoms with E-state index in [1.165, 1.54) is 12.1 Å². The molecule has 0 aromatic heterocycles. The van der Waals surface area contributed by atoms with Crippen LogP contribution in [0, 0.1) is 5.82 Å². The van der Waals surface area contributed by atoms with Gasteiger partial charge in [0, 0.05) is 22.4 Å². The molecule has 6 heteroatoms. The highest BCUT2D eigenvalue weighted by Gasteiger charge is 2.36. The van der Waals surface area contributed by atoms with Crippen molar-refractivity contribution in [2.24, 2.45) is 0 Å². The highest BCUT2D eigenvalue weighted by Crippen LogP contribution is 2.51. The molecule has 0 saturated carbocycles. The van der Waals surface area contributed by atoms with Crippen molar-refractivity contribution in [3.63, 3.8) is 0 Å². The van der Waals surface area contributed by atoms with Gasteiger partial charge in [-0.15, -0.1) is 0 Å². The van der Waals surface area contributed by atoms with Crippen LogP contribution in [0.5, 0.6) is 0 Å². The van der Waals surface area contributed by atoms with Gasteiger partial charge in [0.1, 0.15) is 11.9 Å². The molecule has 0 amide bonds.